The minimum absolute atomic E-state index is 0.0124. The Morgan fingerprint density at radius 2 is 1.59 bits per heavy atom. The summed E-state index contributed by atoms with van der Waals surface area (Å²) in [6.07, 6.45) is -2.60. The van der Waals surface area contributed by atoms with Crippen LogP contribution in [-0.2, 0) is 19.1 Å². The maximum Gasteiger partial charge on any atom is 0.308 e. The molecular formula is C22H20O10. The molecule has 1 heterocycles. The molecule has 0 saturated carbocycles. The molecule has 10 heteroatoms. The Morgan fingerprint density at radius 3 is 2.19 bits per heavy atom. The van der Waals surface area contributed by atoms with Gasteiger partial charge in [-0.1, -0.05) is 6.07 Å². The van der Waals surface area contributed by atoms with Crippen LogP contribution in [0.25, 0.3) is 0 Å². The average molecular weight is 444 g/mol. The molecule has 1 aliphatic rings. The molecule has 2 aromatic carbocycles. The number of ether oxygens (including phenoxy) is 5. The van der Waals surface area contributed by atoms with Crippen molar-refractivity contribution in [1.82, 2.24) is 0 Å². The van der Waals surface area contributed by atoms with Crippen molar-refractivity contribution in [2.24, 2.45) is 0 Å². The van der Waals surface area contributed by atoms with Crippen LogP contribution in [0.15, 0.2) is 30.3 Å². The molecule has 1 aliphatic heterocycles. The molecular weight excluding hydrogens is 424 g/mol. The number of carbonyl (C=O) groups is 4. The molecule has 2 aromatic rings. The number of aromatic hydroxyl groups is 1. The van der Waals surface area contributed by atoms with Gasteiger partial charge in [0.15, 0.2) is 17.6 Å². The van der Waals surface area contributed by atoms with Gasteiger partial charge in [-0.15, -0.1) is 0 Å². The zero-order valence-electron chi connectivity index (χ0n) is 17.7. The molecule has 0 radical (unpaired) electrons. The first kappa shape index (κ1) is 22.6. The molecule has 168 valence electrons. The summed E-state index contributed by atoms with van der Waals surface area (Å²) in [5.41, 5.74) is 0.120. The van der Waals surface area contributed by atoms with Crippen molar-refractivity contribution in [3.63, 3.8) is 0 Å². The van der Waals surface area contributed by atoms with Crippen molar-refractivity contribution < 1.29 is 48.0 Å². The molecule has 0 spiro atoms. The number of ketones is 1. The van der Waals surface area contributed by atoms with Crippen molar-refractivity contribution in [3.05, 3.63) is 41.5 Å². The lowest BCUT2D eigenvalue weighted by molar-refractivity contribution is -0.149. The van der Waals surface area contributed by atoms with Crippen LogP contribution in [0, 0.1) is 0 Å². The number of rotatable bonds is 5. The topological polar surface area (TPSA) is 135 Å². The molecule has 0 bridgehead atoms. The third-order valence-corrected chi connectivity index (χ3v) is 4.42. The quantitative estimate of drug-likeness (QED) is 0.541. The third kappa shape index (κ3) is 4.64. The van der Waals surface area contributed by atoms with Crippen LogP contribution in [0.4, 0.5) is 0 Å². The normalized spacial score (nSPS) is 16.9. The smallest absolute Gasteiger partial charge is 0.308 e. The van der Waals surface area contributed by atoms with Crippen LogP contribution < -0.4 is 18.9 Å². The summed E-state index contributed by atoms with van der Waals surface area (Å²) in [4.78, 5) is 47.7. The van der Waals surface area contributed by atoms with Gasteiger partial charge >= 0.3 is 17.9 Å². The number of esters is 3. The van der Waals surface area contributed by atoms with E-state index in [9.17, 15) is 24.3 Å². The Bertz CT molecular complexity index is 1100. The lowest BCUT2D eigenvalue weighted by atomic mass is 9.92. The SMILES string of the molecule is COc1cc(O)c2c(c1)O[C@@H](c1ccc(OC(C)=O)c(OC(C)=O)c1)[C@H](OC(C)=O)C2=O. The number of hydrogen-bond donors (Lipinski definition) is 1. The summed E-state index contributed by atoms with van der Waals surface area (Å²) < 4.78 is 26.4. The van der Waals surface area contributed by atoms with Gasteiger partial charge in [-0.3, -0.25) is 19.2 Å². The van der Waals surface area contributed by atoms with E-state index in [-0.39, 0.29) is 34.1 Å². The van der Waals surface area contributed by atoms with E-state index in [1.165, 1.54) is 44.4 Å². The van der Waals surface area contributed by atoms with E-state index in [1.807, 2.05) is 0 Å². The van der Waals surface area contributed by atoms with Crippen LogP contribution in [0.5, 0.6) is 28.7 Å². The van der Waals surface area contributed by atoms with E-state index in [1.54, 1.807) is 0 Å². The third-order valence-electron chi connectivity index (χ3n) is 4.42. The Hall–Kier alpha value is -4.08. The fraction of sp³-hybridized carbons (Fsp3) is 0.273. The number of Topliss-reactive ketones (excluding diaryl/α,β-unsaturated/α-hetero) is 1. The minimum atomic E-state index is -1.44. The first-order valence-electron chi connectivity index (χ1n) is 9.40. The molecule has 1 N–H and O–H groups in total. The van der Waals surface area contributed by atoms with Crippen LogP contribution >= 0.6 is 0 Å². The highest BCUT2D eigenvalue weighted by atomic mass is 16.6. The van der Waals surface area contributed by atoms with E-state index in [2.05, 4.69) is 0 Å². The van der Waals surface area contributed by atoms with Crippen LogP contribution in [0.3, 0.4) is 0 Å². The molecule has 10 nitrogen and oxygen atoms in total. The summed E-state index contributed by atoms with van der Waals surface area (Å²) in [6.45, 7) is 3.47. The zero-order chi connectivity index (χ0) is 23.6. The van der Waals surface area contributed by atoms with Gasteiger partial charge in [0.05, 0.1) is 7.11 Å². The van der Waals surface area contributed by atoms with Gasteiger partial charge in [0, 0.05) is 38.5 Å². The van der Waals surface area contributed by atoms with Crippen molar-refractivity contribution >= 4 is 23.7 Å². The Labute approximate surface area is 182 Å². The summed E-state index contributed by atoms with van der Waals surface area (Å²) >= 11 is 0. The number of carbonyl (C=O) groups excluding carboxylic acids is 4. The van der Waals surface area contributed by atoms with Crippen LogP contribution in [0.2, 0.25) is 0 Å². The van der Waals surface area contributed by atoms with Gasteiger partial charge in [0.1, 0.15) is 22.8 Å². The second-order valence-corrected chi connectivity index (χ2v) is 6.85. The zero-order valence-corrected chi connectivity index (χ0v) is 17.7. The molecule has 0 unspecified atom stereocenters. The van der Waals surface area contributed by atoms with Gasteiger partial charge in [0.25, 0.3) is 0 Å². The second-order valence-electron chi connectivity index (χ2n) is 6.85. The van der Waals surface area contributed by atoms with Crippen LogP contribution in [-0.4, -0.2) is 42.0 Å². The Morgan fingerprint density at radius 1 is 0.938 bits per heavy atom. The Balaban J connectivity index is 2.12. The number of phenolic OH excluding ortho intramolecular Hbond substituents is 1. The van der Waals surface area contributed by atoms with Gasteiger partial charge in [-0.25, -0.2) is 0 Å². The van der Waals surface area contributed by atoms with Gasteiger partial charge in [-0.2, -0.15) is 0 Å². The molecule has 0 aliphatic carbocycles. The van der Waals surface area contributed by atoms with Gasteiger partial charge in [-0.05, 0) is 12.1 Å². The fourth-order valence-corrected chi connectivity index (χ4v) is 3.23. The summed E-state index contributed by atoms with van der Waals surface area (Å²) in [7, 11) is 1.38. The minimum Gasteiger partial charge on any atom is -0.507 e. The molecule has 2 atom stereocenters. The van der Waals surface area contributed by atoms with Gasteiger partial charge < -0.3 is 28.8 Å². The number of fused-ring (bicyclic) bond motifs is 1. The Kier molecular flexibility index (Phi) is 6.33. The number of methoxy groups -OCH3 is 1. The predicted molar refractivity (Wildman–Crippen MR) is 107 cm³/mol. The average Bonchev–Trinajstić information content (AvgIpc) is 2.69. The predicted octanol–water partition coefficient (Wildman–Crippen LogP) is 2.50. The summed E-state index contributed by atoms with van der Waals surface area (Å²) in [5.74, 6) is -3.01. The van der Waals surface area contributed by atoms with E-state index in [0.717, 1.165) is 13.8 Å². The number of benzene rings is 2. The molecule has 0 aromatic heterocycles. The highest BCUT2D eigenvalue weighted by molar-refractivity contribution is 6.06. The number of hydrogen-bond acceptors (Lipinski definition) is 10. The van der Waals surface area contributed by atoms with E-state index in [4.69, 9.17) is 23.7 Å². The highest BCUT2D eigenvalue weighted by Gasteiger charge is 2.43. The van der Waals surface area contributed by atoms with E-state index >= 15 is 0 Å². The lowest BCUT2D eigenvalue weighted by Gasteiger charge is -2.32. The summed E-state index contributed by atoms with van der Waals surface area (Å²) in [6, 6.07) is 6.79. The molecule has 0 fully saturated rings. The van der Waals surface area contributed by atoms with Gasteiger partial charge in [0.2, 0.25) is 11.9 Å². The molecule has 0 amide bonds. The monoisotopic (exact) mass is 444 g/mol. The first-order valence-corrected chi connectivity index (χ1v) is 9.40. The standard InChI is InChI=1S/C22H20O10/c1-10(23)29-16-6-5-13(7-17(16)30-11(2)24)21-22(31-12(3)25)20(27)19-15(26)8-14(28-4)9-18(19)32-21/h5-9,21-22,26H,1-4H3/t21-,22+/m0/s1. The van der Waals surface area contributed by atoms with E-state index < -0.39 is 41.6 Å². The maximum absolute atomic E-state index is 13.1. The fourth-order valence-electron chi connectivity index (χ4n) is 3.23. The highest BCUT2D eigenvalue weighted by Crippen LogP contribution is 2.44. The van der Waals surface area contributed by atoms with E-state index in [0.29, 0.717) is 0 Å². The summed E-state index contributed by atoms with van der Waals surface area (Å²) in [5, 5.41) is 10.3. The first-order chi connectivity index (χ1) is 15.1. The lowest BCUT2D eigenvalue weighted by Crippen LogP contribution is -2.39. The maximum atomic E-state index is 13.1. The van der Waals surface area contributed by atoms with Crippen LogP contribution in [0.1, 0.15) is 42.8 Å². The largest absolute Gasteiger partial charge is 0.507 e. The van der Waals surface area contributed by atoms with Crippen molar-refractivity contribution in [3.8, 4) is 28.7 Å². The van der Waals surface area contributed by atoms with Crippen molar-refractivity contribution in [2.75, 3.05) is 7.11 Å². The second kappa shape index (κ2) is 8.96. The van der Waals surface area contributed by atoms with Crippen molar-refractivity contribution in [2.45, 2.75) is 33.0 Å². The molecule has 3 rings (SSSR count). The van der Waals surface area contributed by atoms with Crippen molar-refractivity contribution in [1.29, 1.82) is 0 Å². The number of phenols is 1. The molecule has 32 heavy (non-hydrogen) atoms. The molecule has 0 saturated heterocycles.